The van der Waals surface area contributed by atoms with Crippen molar-refractivity contribution >= 4 is 23.5 Å². The third-order valence-electron chi connectivity index (χ3n) is 4.65. The third-order valence-corrected chi connectivity index (χ3v) is 4.88. The number of hydrogen-bond donors (Lipinski definition) is 1. The second-order valence-corrected chi connectivity index (χ2v) is 7.25. The van der Waals surface area contributed by atoms with Gasteiger partial charge in [-0.2, -0.15) is 0 Å². The largest absolute Gasteiger partial charge is 0.467 e. The van der Waals surface area contributed by atoms with Crippen molar-refractivity contribution in [1.82, 2.24) is 4.90 Å². The number of aliphatic hydroxyl groups is 1. The SMILES string of the molecule is COC(=O)COCCCCN1C(=O)CCC1C=CC(O)Cc1cccc(Cl)c1. The van der Waals surface area contributed by atoms with Crippen LogP contribution in [0.1, 0.15) is 31.2 Å². The molecule has 1 aromatic carbocycles. The van der Waals surface area contributed by atoms with E-state index in [9.17, 15) is 14.7 Å². The van der Waals surface area contributed by atoms with Crippen LogP contribution in [-0.4, -0.2) is 60.9 Å². The monoisotopic (exact) mass is 409 g/mol. The number of unbranched alkanes of at least 4 members (excludes halogenated alkanes) is 1. The summed E-state index contributed by atoms with van der Waals surface area (Å²) in [5.74, 6) is -0.259. The van der Waals surface area contributed by atoms with E-state index in [1.165, 1.54) is 7.11 Å². The number of ether oxygens (including phenoxy) is 2. The van der Waals surface area contributed by atoms with Crippen LogP contribution >= 0.6 is 11.6 Å². The quantitative estimate of drug-likeness (QED) is 0.345. The summed E-state index contributed by atoms with van der Waals surface area (Å²) >= 11 is 5.97. The van der Waals surface area contributed by atoms with Gasteiger partial charge in [0.05, 0.1) is 19.3 Å². The second kappa shape index (κ2) is 11.8. The van der Waals surface area contributed by atoms with Crippen LogP contribution in [0.5, 0.6) is 0 Å². The number of benzene rings is 1. The Bertz CT molecular complexity index is 679. The minimum Gasteiger partial charge on any atom is -0.467 e. The molecule has 1 N–H and O–H groups in total. The first kappa shape index (κ1) is 22.4. The Morgan fingerprint density at radius 2 is 2.25 bits per heavy atom. The van der Waals surface area contributed by atoms with E-state index in [1.54, 1.807) is 12.1 Å². The smallest absolute Gasteiger partial charge is 0.331 e. The lowest BCUT2D eigenvalue weighted by atomic mass is 10.1. The summed E-state index contributed by atoms with van der Waals surface area (Å²) in [7, 11) is 1.32. The molecule has 0 radical (unpaired) electrons. The maximum absolute atomic E-state index is 12.1. The molecule has 0 aliphatic carbocycles. The van der Waals surface area contributed by atoms with Gasteiger partial charge in [0, 0.05) is 31.0 Å². The lowest BCUT2D eigenvalue weighted by molar-refractivity contribution is -0.145. The molecule has 0 aromatic heterocycles. The highest BCUT2D eigenvalue weighted by Crippen LogP contribution is 2.21. The van der Waals surface area contributed by atoms with Gasteiger partial charge >= 0.3 is 5.97 Å². The third kappa shape index (κ3) is 7.62. The lowest BCUT2D eigenvalue weighted by Crippen LogP contribution is -2.33. The average molecular weight is 410 g/mol. The normalized spacial score (nSPS) is 18.0. The molecular weight excluding hydrogens is 382 g/mol. The zero-order chi connectivity index (χ0) is 20.4. The van der Waals surface area contributed by atoms with E-state index in [-0.39, 0.29) is 18.6 Å². The Morgan fingerprint density at radius 3 is 3.00 bits per heavy atom. The maximum Gasteiger partial charge on any atom is 0.331 e. The molecule has 7 heteroatoms. The van der Waals surface area contributed by atoms with Gasteiger partial charge < -0.3 is 19.5 Å². The van der Waals surface area contributed by atoms with Gasteiger partial charge in [0.25, 0.3) is 0 Å². The first-order valence-corrected chi connectivity index (χ1v) is 9.92. The van der Waals surface area contributed by atoms with Crippen molar-refractivity contribution in [3.05, 3.63) is 47.0 Å². The van der Waals surface area contributed by atoms with Crippen LogP contribution in [0.25, 0.3) is 0 Å². The summed E-state index contributed by atoms with van der Waals surface area (Å²) in [4.78, 5) is 24.9. The van der Waals surface area contributed by atoms with Gasteiger partial charge in [-0.3, -0.25) is 4.79 Å². The molecule has 0 bridgehead atoms. The second-order valence-electron chi connectivity index (χ2n) is 6.82. The minimum atomic E-state index is -0.622. The predicted molar refractivity (Wildman–Crippen MR) is 107 cm³/mol. The van der Waals surface area contributed by atoms with Crippen molar-refractivity contribution in [2.75, 3.05) is 26.9 Å². The van der Waals surface area contributed by atoms with Gasteiger partial charge in [-0.25, -0.2) is 4.79 Å². The van der Waals surface area contributed by atoms with Crippen molar-refractivity contribution in [3.63, 3.8) is 0 Å². The molecule has 0 spiro atoms. The Balaban J connectivity index is 1.74. The molecule has 1 aromatic rings. The number of aliphatic hydroxyl groups excluding tert-OH is 1. The molecule has 2 rings (SSSR count). The zero-order valence-corrected chi connectivity index (χ0v) is 16.9. The first-order chi connectivity index (χ1) is 13.5. The molecule has 6 nitrogen and oxygen atoms in total. The number of carbonyl (C=O) groups excluding carboxylic acids is 2. The first-order valence-electron chi connectivity index (χ1n) is 9.54. The Morgan fingerprint density at radius 1 is 1.43 bits per heavy atom. The summed E-state index contributed by atoms with van der Waals surface area (Å²) in [5, 5.41) is 10.9. The molecule has 1 amide bonds. The fourth-order valence-electron chi connectivity index (χ4n) is 3.18. The molecule has 154 valence electrons. The zero-order valence-electron chi connectivity index (χ0n) is 16.2. The van der Waals surface area contributed by atoms with Crippen molar-refractivity contribution in [1.29, 1.82) is 0 Å². The predicted octanol–water partition coefficient (Wildman–Crippen LogP) is 2.76. The highest BCUT2D eigenvalue weighted by molar-refractivity contribution is 6.30. The van der Waals surface area contributed by atoms with Gasteiger partial charge in [0.1, 0.15) is 6.61 Å². The number of nitrogens with zero attached hydrogens (tertiary/aromatic N) is 1. The van der Waals surface area contributed by atoms with E-state index in [1.807, 2.05) is 29.2 Å². The highest BCUT2D eigenvalue weighted by Gasteiger charge is 2.28. The Labute approximate surface area is 171 Å². The molecule has 1 saturated heterocycles. The van der Waals surface area contributed by atoms with E-state index in [0.717, 1.165) is 24.8 Å². The van der Waals surface area contributed by atoms with E-state index >= 15 is 0 Å². The number of amides is 1. The molecule has 1 heterocycles. The number of halogens is 1. The van der Waals surface area contributed by atoms with Crippen LogP contribution in [0.15, 0.2) is 36.4 Å². The van der Waals surface area contributed by atoms with Crippen LogP contribution in [0.2, 0.25) is 5.02 Å². The van der Waals surface area contributed by atoms with Crippen LogP contribution in [0, 0.1) is 0 Å². The fraction of sp³-hybridized carbons (Fsp3) is 0.524. The number of likely N-dealkylation sites (tertiary alicyclic amines) is 1. The highest BCUT2D eigenvalue weighted by atomic mass is 35.5. The van der Waals surface area contributed by atoms with Gasteiger partial charge in [-0.1, -0.05) is 35.9 Å². The number of carbonyl (C=O) groups is 2. The van der Waals surface area contributed by atoms with Crippen LogP contribution in [0.3, 0.4) is 0 Å². The average Bonchev–Trinajstić information content (AvgIpc) is 3.02. The Hall–Kier alpha value is -1.89. The maximum atomic E-state index is 12.1. The van der Waals surface area contributed by atoms with Crippen molar-refractivity contribution in [2.45, 2.75) is 44.2 Å². The summed E-state index contributed by atoms with van der Waals surface area (Å²) in [6.07, 6.45) is 6.38. The molecule has 1 aliphatic rings. The molecule has 28 heavy (non-hydrogen) atoms. The summed E-state index contributed by atoms with van der Waals surface area (Å²) in [6, 6.07) is 7.44. The number of esters is 1. The van der Waals surface area contributed by atoms with Gasteiger partial charge in [-0.15, -0.1) is 0 Å². The standard InChI is InChI=1S/C21H28ClNO5/c1-27-21(26)15-28-12-3-2-11-23-18(8-10-20(23)25)7-9-19(24)14-16-5-4-6-17(22)13-16/h4-7,9,13,18-19,24H,2-3,8,10-12,14-15H2,1H3. The van der Waals surface area contributed by atoms with Crippen LogP contribution in [0.4, 0.5) is 0 Å². The summed E-state index contributed by atoms with van der Waals surface area (Å²) in [5.41, 5.74) is 0.968. The van der Waals surface area contributed by atoms with Crippen molar-refractivity contribution in [3.8, 4) is 0 Å². The van der Waals surface area contributed by atoms with E-state index in [4.69, 9.17) is 16.3 Å². The number of hydrogen-bond acceptors (Lipinski definition) is 5. The van der Waals surface area contributed by atoms with E-state index in [2.05, 4.69) is 4.74 Å². The van der Waals surface area contributed by atoms with E-state index in [0.29, 0.717) is 31.0 Å². The molecule has 2 atom stereocenters. The van der Waals surface area contributed by atoms with Gasteiger partial charge in [0.15, 0.2) is 0 Å². The molecule has 0 saturated carbocycles. The van der Waals surface area contributed by atoms with Gasteiger partial charge in [-0.05, 0) is 37.0 Å². The number of rotatable bonds is 11. The topological polar surface area (TPSA) is 76.1 Å². The molecule has 1 fully saturated rings. The summed E-state index contributed by atoms with van der Waals surface area (Å²) < 4.78 is 9.72. The van der Waals surface area contributed by atoms with Gasteiger partial charge in [0.2, 0.25) is 5.91 Å². The fourth-order valence-corrected chi connectivity index (χ4v) is 3.39. The van der Waals surface area contributed by atoms with Crippen LogP contribution < -0.4 is 0 Å². The van der Waals surface area contributed by atoms with E-state index < -0.39 is 12.1 Å². The molecule has 1 aliphatic heterocycles. The van der Waals surface area contributed by atoms with Crippen molar-refractivity contribution < 1.29 is 24.2 Å². The molecule has 2 unspecified atom stereocenters. The van der Waals surface area contributed by atoms with Crippen LogP contribution in [-0.2, 0) is 25.5 Å². The minimum absolute atomic E-state index is 0.0116. The lowest BCUT2D eigenvalue weighted by Gasteiger charge is -2.22. The van der Waals surface area contributed by atoms with Crippen molar-refractivity contribution in [2.24, 2.45) is 0 Å². The summed E-state index contributed by atoms with van der Waals surface area (Å²) in [6.45, 7) is 1.05. The number of methoxy groups -OCH3 is 1. The molecular formula is C21H28ClNO5. The Kier molecular flexibility index (Phi) is 9.47.